The lowest BCUT2D eigenvalue weighted by atomic mass is 10.3. The molecule has 94 valence electrons. The molecule has 5 heteroatoms. The number of pyridine rings is 1. The van der Waals surface area contributed by atoms with E-state index in [4.69, 9.17) is 5.73 Å². The topological polar surface area (TPSA) is 56.0 Å². The highest BCUT2D eigenvalue weighted by Crippen LogP contribution is 2.23. The van der Waals surface area contributed by atoms with E-state index in [-0.39, 0.29) is 0 Å². The molecule has 0 fully saturated rings. The van der Waals surface area contributed by atoms with Crippen molar-refractivity contribution >= 4 is 32.4 Å². The third-order valence-electron chi connectivity index (χ3n) is 2.44. The zero-order chi connectivity index (χ0) is 13.1. The molecule has 1 unspecified atom stereocenters. The summed E-state index contributed by atoms with van der Waals surface area (Å²) < 4.78 is 13.1. The normalized spacial score (nSPS) is 12.3. The maximum Gasteiger partial charge on any atom is 0.0706 e. The van der Waals surface area contributed by atoms with Gasteiger partial charge in [-0.05, 0) is 37.3 Å². The van der Waals surface area contributed by atoms with Gasteiger partial charge in [0.25, 0.3) is 0 Å². The van der Waals surface area contributed by atoms with Gasteiger partial charge in [0.1, 0.15) is 0 Å². The van der Waals surface area contributed by atoms with Crippen LogP contribution in [-0.4, -0.2) is 9.19 Å². The molecule has 3 nitrogen and oxygen atoms in total. The van der Waals surface area contributed by atoms with Crippen LogP contribution in [0.15, 0.2) is 45.8 Å². The molecule has 0 aliphatic heterocycles. The van der Waals surface area contributed by atoms with E-state index in [9.17, 15) is 4.21 Å². The molecular formula is C13H13BrN2OS. The molecule has 0 saturated carbocycles. The van der Waals surface area contributed by atoms with Crippen LogP contribution in [0.1, 0.15) is 11.4 Å². The Morgan fingerprint density at radius 1 is 1.33 bits per heavy atom. The molecule has 0 spiro atoms. The van der Waals surface area contributed by atoms with Gasteiger partial charge in [-0.1, -0.05) is 22.0 Å². The molecule has 2 aromatic rings. The summed E-state index contributed by atoms with van der Waals surface area (Å²) in [7, 11) is -1.17. The first kappa shape index (κ1) is 13.2. The van der Waals surface area contributed by atoms with E-state index in [1.54, 1.807) is 12.1 Å². The molecular weight excluding hydrogens is 312 g/mol. The number of rotatable bonds is 3. The quantitative estimate of drug-likeness (QED) is 0.883. The number of anilines is 1. The Balaban J connectivity index is 2.22. The second-order valence-electron chi connectivity index (χ2n) is 3.94. The van der Waals surface area contributed by atoms with Crippen molar-refractivity contribution < 1.29 is 4.21 Å². The van der Waals surface area contributed by atoms with E-state index in [1.165, 1.54) is 0 Å². The summed E-state index contributed by atoms with van der Waals surface area (Å²) in [5.41, 5.74) is 8.14. The lowest BCUT2D eigenvalue weighted by molar-refractivity contribution is 0.682. The third-order valence-corrected chi connectivity index (χ3v) is 4.36. The minimum absolute atomic E-state index is 0.382. The molecule has 2 rings (SSSR count). The van der Waals surface area contributed by atoms with Crippen molar-refractivity contribution in [2.75, 3.05) is 5.73 Å². The zero-order valence-corrected chi connectivity index (χ0v) is 12.3. The van der Waals surface area contributed by atoms with Crippen LogP contribution in [0.3, 0.4) is 0 Å². The predicted molar refractivity (Wildman–Crippen MR) is 77.6 cm³/mol. The fraction of sp³-hybridized carbons (Fsp3) is 0.154. The molecule has 0 aliphatic rings. The van der Waals surface area contributed by atoms with Gasteiger partial charge in [0.15, 0.2) is 0 Å². The number of nitrogens with two attached hydrogens (primary N) is 1. The fourth-order valence-corrected chi connectivity index (χ4v) is 3.12. The molecule has 0 bridgehead atoms. The molecule has 0 saturated heterocycles. The number of halogens is 1. The maximum absolute atomic E-state index is 12.2. The minimum atomic E-state index is -1.17. The number of aryl methyl sites for hydroxylation is 1. The van der Waals surface area contributed by atoms with E-state index >= 15 is 0 Å². The Kier molecular flexibility index (Phi) is 4.14. The van der Waals surface area contributed by atoms with Gasteiger partial charge in [-0.15, -0.1) is 0 Å². The Hall–Kier alpha value is -1.20. The lowest BCUT2D eigenvalue weighted by Gasteiger charge is -2.06. The number of nitrogen functional groups attached to an aromatic ring is 1. The monoisotopic (exact) mass is 324 g/mol. The summed E-state index contributed by atoms with van der Waals surface area (Å²) >= 11 is 3.33. The number of benzene rings is 1. The van der Waals surface area contributed by atoms with E-state index in [0.717, 1.165) is 15.9 Å². The Labute approximate surface area is 117 Å². The molecule has 1 atom stereocenters. The van der Waals surface area contributed by atoms with Crippen LogP contribution >= 0.6 is 15.9 Å². The van der Waals surface area contributed by atoms with Crippen molar-refractivity contribution in [2.45, 2.75) is 17.6 Å². The van der Waals surface area contributed by atoms with Crippen LogP contribution in [0, 0.1) is 6.92 Å². The van der Waals surface area contributed by atoms with Crippen LogP contribution in [0.5, 0.6) is 0 Å². The molecule has 1 heterocycles. The summed E-state index contributed by atoms with van der Waals surface area (Å²) in [6, 6.07) is 11.1. The summed E-state index contributed by atoms with van der Waals surface area (Å²) in [5.74, 6) is 0.382. The van der Waals surface area contributed by atoms with Crippen molar-refractivity contribution in [3.63, 3.8) is 0 Å². The molecule has 0 radical (unpaired) electrons. The second-order valence-corrected chi connectivity index (χ2v) is 6.28. The Morgan fingerprint density at radius 3 is 2.78 bits per heavy atom. The van der Waals surface area contributed by atoms with Gasteiger partial charge in [0, 0.05) is 15.9 Å². The Bertz CT molecular complexity index is 601. The smallest absolute Gasteiger partial charge is 0.0706 e. The predicted octanol–water partition coefficient (Wildman–Crippen LogP) is 3.04. The molecule has 2 N–H and O–H groups in total. The van der Waals surface area contributed by atoms with E-state index < -0.39 is 10.8 Å². The largest absolute Gasteiger partial charge is 0.398 e. The van der Waals surface area contributed by atoms with Gasteiger partial charge in [-0.25, -0.2) is 0 Å². The lowest BCUT2D eigenvalue weighted by Crippen LogP contribution is -2.02. The van der Waals surface area contributed by atoms with Gasteiger partial charge >= 0.3 is 0 Å². The fourth-order valence-electron chi connectivity index (χ4n) is 1.62. The molecule has 0 amide bonds. The van der Waals surface area contributed by atoms with Crippen molar-refractivity contribution in [3.8, 4) is 0 Å². The first-order valence-electron chi connectivity index (χ1n) is 5.42. The number of aromatic nitrogens is 1. The van der Waals surface area contributed by atoms with Crippen molar-refractivity contribution in [2.24, 2.45) is 0 Å². The van der Waals surface area contributed by atoms with Crippen molar-refractivity contribution in [3.05, 3.63) is 52.3 Å². The zero-order valence-electron chi connectivity index (χ0n) is 9.89. The third kappa shape index (κ3) is 3.17. The summed E-state index contributed by atoms with van der Waals surface area (Å²) in [6.45, 7) is 1.92. The molecule has 1 aromatic heterocycles. The van der Waals surface area contributed by atoms with Gasteiger partial charge in [-0.3, -0.25) is 9.19 Å². The molecule has 1 aromatic carbocycles. The van der Waals surface area contributed by atoms with Crippen LogP contribution in [0.25, 0.3) is 0 Å². The second kappa shape index (κ2) is 5.63. The van der Waals surface area contributed by atoms with Crippen LogP contribution in [-0.2, 0) is 16.6 Å². The van der Waals surface area contributed by atoms with E-state index in [0.29, 0.717) is 16.3 Å². The van der Waals surface area contributed by atoms with Gasteiger partial charge in [-0.2, -0.15) is 0 Å². The highest BCUT2D eigenvalue weighted by atomic mass is 79.9. The maximum atomic E-state index is 12.2. The van der Waals surface area contributed by atoms with E-state index in [2.05, 4.69) is 20.9 Å². The van der Waals surface area contributed by atoms with Crippen LogP contribution in [0.2, 0.25) is 0 Å². The molecule has 18 heavy (non-hydrogen) atoms. The Morgan fingerprint density at radius 2 is 2.11 bits per heavy atom. The summed E-state index contributed by atoms with van der Waals surface area (Å²) in [4.78, 5) is 5.00. The van der Waals surface area contributed by atoms with Crippen LogP contribution in [0.4, 0.5) is 5.69 Å². The number of hydrogen-bond acceptors (Lipinski definition) is 3. The first-order chi connectivity index (χ1) is 8.56. The van der Waals surface area contributed by atoms with E-state index in [1.807, 2.05) is 31.2 Å². The average Bonchev–Trinajstić information content (AvgIpc) is 2.28. The van der Waals surface area contributed by atoms with Crippen LogP contribution < -0.4 is 5.73 Å². The van der Waals surface area contributed by atoms with Gasteiger partial charge in [0.05, 0.1) is 27.1 Å². The summed E-state index contributed by atoms with van der Waals surface area (Å²) in [5, 5.41) is 0. The summed E-state index contributed by atoms with van der Waals surface area (Å²) in [6.07, 6.45) is 0. The average molecular weight is 325 g/mol. The SMILES string of the molecule is Cc1cccc(CS(=O)c2ccc(Br)cc2N)n1. The highest BCUT2D eigenvalue weighted by molar-refractivity contribution is 9.10. The number of nitrogens with zero attached hydrogens (tertiary/aromatic N) is 1. The van der Waals surface area contributed by atoms with Gasteiger partial charge < -0.3 is 5.73 Å². The highest BCUT2D eigenvalue weighted by Gasteiger charge is 2.10. The first-order valence-corrected chi connectivity index (χ1v) is 7.53. The van der Waals surface area contributed by atoms with Crippen molar-refractivity contribution in [1.29, 1.82) is 0 Å². The standard InChI is InChI=1S/C13H13BrN2OS/c1-9-3-2-4-11(16-9)8-18(17)13-6-5-10(14)7-12(13)15/h2-7H,8,15H2,1H3. The van der Waals surface area contributed by atoms with Gasteiger partial charge in [0.2, 0.25) is 0 Å². The minimum Gasteiger partial charge on any atom is -0.398 e. The van der Waals surface area contributed by atoms with Crippen molar-refractivity contribution in [1.82, 2.24) is 4.98 Å². The molecule has 0 aliphatic carbocycles. The number of hydrogen-bond donors (Lipinski definition) is 1.